The zero-order valence-corrected chi connectivity index (χ0v) is 8.93. The Bertz CT molecular complexity index is 448. The van der Waals surface area contributed by atoms with Gasteiger partial charge < -0.3 is 15.0 Å². The Labute approximate surface area is 92.6 Å². The Morgan fingerprint density at radius 2 is 2.56 bits per heavy atom. The molecular formula is C10H12N4O2. The molecule has 84 valence electrons. The normalized spacial score (nSPS) is 21.3. The van der Waals surface area contributed by atoms with E-state index in [1.54, 1.807) is 6.20 Å². The SMILES string of the molecule is COC(=O)c1ncc2c(n1)N[C@H]1CCN2C1. The van der Waals surface area contributed by atoms with Crippen molar-refractivity contribution in [2.75, 3.05) is 30.4 Å². The number of aromatic nitrogens is 2. The minimum Gasteiger partial charge on any atom is -0.463 e. The van der Waals surface area contributed by atoms with E-state index >= 15 is 0 Å². The molecule has 16 heavy (non-hydrogen) atoms. The van der Waals surface area contributed by atoms with Crippen molar-refractivity contribution in [3.8, 4) is 0 Å². The molecule has 0 spiro atoms. The van der Waals surface area contributed by atoms with Gasteiger partial charge in [0.15, 0.2) is 5.82 Å². The van der Waals surface area contributed by atoms with Crippen molar-refractivity contribution in [2.24, 2.45) is 0 Å². The lowest BCUT2D eigenvalue weighted by Gasteiger charge is -2.27. The molecule has 1 aromatic rings. The smallest absolute Gasteiger partial charge is 0.376 e. The van der Waals surface area contributed by atoms with E-state index in [0.717, 1.165) is 31.0 Å². The number of hydrogen-bond acceptors (Lipinski definition) is 6. The van der Waals surface area contributed by atoms with Gasteiger partial charge in [0.25, 0.3) is 0 Å². The fourth-order valence-corrected chi connectivity index (χ4v) is 2.19. The van der Waals surface area contributed by atoms with E-state index in [-0.39, 0.29) is 5.82 Å². The highest BCUT2D eigenvalue weighted by atomic mass is 16.5. The van der Waals surface area contributed by atoms with Gasteiger partial charge in [-0.25, -0.2) is 14.8 Å². The molecule has 1 N–H and O–H groups in total. The molecule has 2 aliphatic heterocycles. The van der Waals surface area contributed by atoms with E-state index in [1.807, 2.05) is 0 Å². The maximum absolute atomic E-state index is 11.3. The fourth-order valence-electron chi connectivity index (χ4n) is 2.19. The number of carbonyl (C=O) groups excluding carboxylic acids is 1. The zero-order chi connectivity index (χ0) is 11.1. The third-order valence-corrected chi connectivity index (χ3v) is 3.01. The average Bonchev–Trinajstić information content (AvgIpc) is 2.70. The molecule has 6 nitrogen and oxygen atoms in total. The molecule has 0 unspecified atom stereocenters. The van der Waals surface area contributed by atoms with E-state index in [0.29, 0.717) is 6.04 Å². The summed E-state index contributed by atoms with van der Waals surface area (Å²) >= 11 is 0. The number of fused-ring (bicyclic) bond motifs is 4. The number of methoxy groups -OCH3 is 1. The van der Waals surface area contributed by atoms with Crippen molar-refractivity contribution in [1.29, 1.82) is 0 Å². The second-order valence-corrected chi connectivity index (χ2v) is 3.99. The lowest BCUT2D eigenvalue weighted by Crippen LogP contribution is -2.33. The number of ether oxygens (including phenoxy) is 1. The largest absolute Gasteiger partial charge is 0.463 e. The predicted molar refractivity (Wildman–Crippen MR) is 57.6 cm³/mol. The molecule has 2 bridgehead atoms. The van der Waals surface area contributed by atoms with Gasteiger partial charge in [-0.3, -0.25) is 0 Å². The average molecular weight is 220 g/mol. The highest BCUT2D eigenvalue weighted by Crippen LogP contribution is 2.33. The summed E-state index contributed by atoms with van der Waals surface area (Å²) in [4.78, 5) is 21.7. The Balaban J connectivity index is 2.00. The fraction of sp³-hybridized carbons (Fsp3) is 0.500. The van der Waals surface area contributed by atoms with Crippen LogP contribution in [0.4, 0.5) is 11.5 Å². The minimum atomic E-state index is -0.502. The van der Waals surface area contributed by atoms with Gasteiger partial charge in [0.2, 0.25) is 5.82 Å². The van der Waals surface area contributed by atoms with Crippen LogP contribution in [0.3, 0.4) is 0 Å². The summed E-state index contributed by atoms with van der Waals surface area (Å²) < 4.78 is 4.59. The second-order valence-electron chi connectivity index (χ2n) is 3.99. The molecule has 1 atom stereocenters. The lowest BCUT2D eigenvalue weighted by molar-refractivity contribution is 0.0587. The maximum Gasteiger partial charge on any atom is 0.376 e. The van der Waals surface area contributed by atoms with Gasteiger partial charge >= 0.3 is 5.97 Å². The number of carbonyl (C=O) groups is 1. The van der Waals surface area contributed by atoms with Gasteiger partial charge in [-0.2, -0.15) is 0 Å². The molecule has 0 aliphatic carbocycles. The number of rotatable bonds is 1. The third kappa shape index (κ3) is 1.30. The van der Waals surface area contributed by atoms with Crippen molar-refractivity contribution in [2.45, 2.75) is 12.5 Å². The summed E-state index contributed by atoms with van der Waals surface area (Å²) in [5.74, 6) is 0.345. The van der Waals surface area contributed by atoms with E-state index < -0.39 is 5.97 Å². The summed E-state index contributed by atoms with van der Waals surface area (Å²) in [6, 6.07) is 0.438. The van der Waals surface area contributed by atoms with Crippen molar-refractivity contribution in [1.82, 2.24) is 9.97 Å². The minimum absolute atomic E-state index is 0.108. The van der Waals surface area contributed by atoms with Crippen LogP contribution in [-0.2, 0) is 4.74 Å². The number of nitrogens with one attached hydrogen (secondary N) is 1. The molecule has 3 heterocycles. The first-order valence-electron chi connectivity index (χ1n) is 5.25. The van der Waals surface area contributed by atoms with Gasteiger partial charge in [-0.15, -0.1) is 0 Å². The standard InChI is InChI=1S/C10H12N4O2/c1-16-10(15)9-11-4-7-8(13-9)12-6-2-3-14(7)5-6/h4,6H,2-3,5H2,1H3,(H,11,12,13)/t6-/m0/s1. The molecule has 1 saturated heterocycles. The van der Waals surface area contributed by atoms with Crippen molar-refractivity contribution in [3.63, 3.8) is 0 Å². The van der Waals surface area contributed by atoms with Gasteiger partial charge in [0.05, 0.1) is 19.0 Å². The molecule has 0 amide bonds. The molecule has 2 aliphatic rings. The number of hydrogen-bond donors (Lipinski definition) is 1. The highest BCUT2D eigenvalue weighted by Gasteiger charge is 2.31. The molecular weight excluding hydrogens is 208 g/mol. The molecule has 0 aromatic carbocycles. The maximum atomic E-state index is 11.3. The number of esters is 1. The first-order chi connectivity index (χ1) is 7.78. The van der Waals surface area contributed by atoms with Gasteiger partial charge in [0, 0.05) is 19.1 Å². The zero-order valence-electron chi connectivity index (χ0n) is 8.93. The molecule has 0 saturated carbocycles. The number of anilines is 2. The van der Waals surface area contributed by atoms with Crippen LogP contribution in [0.1, 0.15) is 17.0 Å². The lowest BCUT2D eigenvalue weighted by atomic mass is 10.2. The van der Waals surface area contributed by atoms with Crippen LogP contribution < -0.4 is 10.2 Å². The molecule has 1 fully saturated rings. The number of nitrogens with zero attached hydrogens (tertiary/aromatic N) is 3. The van der Waals surface area contributed by atoms with Crippen LogP contribution in [0.5, 0.6) is 0 Å². The highest BCUT2D eigenvalue weighted by molar-refractivity contribution is 5.86. The quantitative estimate of drug-likeness (QED) is 0.685. The Kier molecular flexibility index (Phi) is 1.95. The summed E-state index contributed by atoms with van der Waals surface area (Å²) in [5.41, 5.74) is 0.974. The third-order valence-electron chi connectivity index (χ3n) is 3.01. The van der Waals surface area contributed by atoms with Crippen molar-refractivity contribution in [3.05, 3.63) is 12.0 Å². The Morgan fingerprint density at radius 3 is 3.38 bits per heavy atom. The van der Waals surface area contributed by atoms with Gasteiger partial charge in [-0.05, 0) is 6.42 Å². The summed E-state index contributed by atoms with van der Waals surface area (Å²) in [6.45, 7) is 2.01. The van der Waals surface area contributed by atoms with Crippen molar-refractivity contribution < 1.29 is 9.53 Å². The molecule has 3 rings (SSSR count). The first-order valence-corrected chi connectivity index (χ1v) is 5.25. The van der Waals surface area contributed by atoms with Gasteiger partial charge in [0.1, 0.15) is 0 Å². The topological polar surface area (TPSA) is 67.3 Å². The van der Waals surface area contributed by atoms with Crippen LogP contribution in [0.25, 0.3) is 0 Å². The molecule has 1 aromatic heterocycles. The van der Waals surface area contributed by atoms with Crippen LogP contribution in [0, 0.1) is 0 Å². The van der Waals surface area contributed by atoms with E-state index in [9.17, 15) is 4.79 Å². The van der Waals surface area contributed by atoms with E-state index in [1.165, 1.54) is 7.11 Å². The van der Waals surface area contributed by atoms with Crippen LogP contribution in [-0.4, -0.2) is 42.2 Å². The first kappa shape index (κ1) is 9.38. The van der Waals surface area contributed by atoms with Crippen LogP contribution in [0.2, 0.25) is 0 Å². The van der Waals surface area contributed by atoms with E-state index in [4.69, 9.17) is 0 Å². The summed E-state index contributed by atoms with van der Waals surface area (Å²) in [5, 5.41) is 3.31. The van der Waals surface area contributed by atoms with Crippen LogP contribution in [0.15, 0.2) is 6.20 Å². The Hall–Kier alpha value is -1.85. The van der Waals surface area contributed by atoms with E-state index in [2.05, 4.69) is 24.9 Å². The van der Waals surface area contributed by atoms with Gasteiger partial charge in [-0.1, -0.05) is 0 Å². The molecule has 6 heteroatoms. The predicted octanol–water partition coefficient (Wildman–Crippen LogP) is 0.267. The Morgan fingerprint density at radius 1 is 1.69 bits per heavy atom. The summed E-state index contributed by atoms with van der Waals surface area (Å²) in [6.07, 6.45) is 2.78. The van der Waals surface area contributed by atoms with Crippen molar-refractivity contribution >= 4 is 17.5 Å². The van der Waals surface area contributed by atoms with Crippen LogP contribution >= 0.6 is 0 Å². The summed E-state index contributed by atoms with van der Waals surface area (Å²) in [7, 11) is 1.33. The monoisotopic (exact) mass is 220 g/mol. The second kappa shape index (κ2) is 3.33. The molecule has 0 radical (unpaired) electrons.